The molecule has 0 saturated heterocycles. The molecule has 0 unspecified atom stereocenters. The highest BCUT2D eigenvalue weighted by Crippen LogP contribution is 2.28. The second kappa shape index (κ2) is 4.39. The molecule has 2 heterocycles. The van der Waals surface area contributed by atoms with Crippen molar-refractivity contribution in [3.63, 3.8) is 0 Å². The van der Waals surface area contributed by atoms with Crippen molar-refractivity contribution in [1.29, 1.82) is 0 Å². The second-order valence-electron chi connectivity index (χ2n) is 4.86. The van der Waals surface area contributed by atoms with E-state index in [1.807, 2.05) is 28.8 Å². The molecular weight excluding hydrogens is 234 g/mol. The Bertz CT molecular complexity index is 768. The van der Waals surface area contributed by atoms with E-state index in [1.54, 1.807) is 0 Å². The molecule has 1 aromatic carbocycles. The fourth-order valence-corrected chi connectivity index (χ4v) is 2.41. The Kier molecular flexibility index (Phi) is 2.71. The summed E-state index contributed by atoms with van der Waals surface area (Å²) >= 11 is 0. The molecule has 2 nitrogen and oxygen atoms in total. The summed E-state index contributed by atoms with van der Waals surface area (Å²) in [5.74, 6) is 0. The van der Waals surface area contributed by atoms with E-state index in [-0.39, 0.29) is 0 Å². The van der Waals surface area contributed by atoms with E-state index in [0.717, 1.165) is 22.9 Å². The number of pyridine rings is 1. The first-order chi connectivity index (χ1) is 9.20. The van der Waals surface area contributed by atoms with E-state index in [9.17, 15) is 4.79 Å². The maximum atomic E-state index is 11.4. The van der Waals surface area contributed by atoms with Crippen LogP contribution in [0, 0.1) is 13.8 Å². The first-order valence-electron chi connectivity index (χ1n) is 6.33. The van der Waals surface area contributed by atoms with Crippen LogP contribution in [0.3, 0.4) is 0 Å². The highest BCUT2D eigenvalue weighted by Gasteiger charge is 2.11. The van der Waals surface area contributed by atoms with Crippen molar-refractivity contribution in [3.05, 3.63) is 65.5 Å². The molecule has 19 heavy (non-hydrogen) atoms. The van der Waals surface area contributed by atoms with E-state index in [2.05, 4.69) is 38.1 Å². The van der Waals surface area contributed by atoms with E-state index >= 15 is 0 Å². The Morgan fingerprint density at radius 3 is 2.58 bits per heavy atom. The number of aldehydes is 1. The van der Waals surface area contributed by atoms with Gasteiger partial charge < -0.3 is 4.40 Å². The van der Waals surface area contributed by atoms with Gasteiger partial charge in [-0.05, 0) is 48.7 Å². The van der Waals surface area contributed by atoms with Crippen LogP contribution >= 0.6 is 0 Å². The SMILES string of the molecule is Cc1ccc(-c2cc3ccccn3c2C=O)cc1C. The summed E-state index contributed by atoms with van der Waals surface area (Å²) < 4.78 is 1.93. The Morgan fingerprint density at radius 2 is 1.84 bits per heavy atom. The lowest BCUT2D eigenvalue weighted by molar-refractivity contribution is 0.111. The van der Waals surface area contributed by atoms with Gasteiger partial charge in [-0.15, -0.1) is 0 Å². The summed E-state index contributed by atoms with van der Waals surface area (Å²) in [4.78, 5) is 11.4. The van der Waals surface area contributed by atoms with Gasteiger partial charge in [0.05, 0.1) is 5.69 Å². The monoisotopic (exact) mass is 249 g/mol. The molecule has 3 aromatic rings. The largest absolute Gasteiger partial charge is 0.314 e. The molecular formula is C17H15NO. The molecule has 0 N–H and O–H groups in total. The summed E-state index contributed by atoms with van der Waals surface area (Å²) in [6.07, 6.45) is 2.85. The van der Waals surface area contributed by atoms with Gasteiger partial charge in [-0.2, -0.15) is 0 Å². The molecule has 0 aliphatic heterocycles. The molecule has 0 radical (unpaired) electrons. The highest BCUT2D eigenvalue weighted by molar-refractivity contribution is 5.90. The molecule has 2 heteroatoms. The van der Waals surface area contributed by atoms with Crippen LogP contribution in [-0.4, -0.2) is 10.7 Å². The summed E-state index contributed by atoms with van der Waals surface area (Å²) in [5.41, 5.74) is 6.33. The van der Waals surface area contributed by atoms with Gasteiger partial charge >= 0.3 is 0 Å². The number of carbonyl (C=O) groups excluding carboxylic acids is 1. The maximum Gasteiger partial charge on any atom is 0.167 e. The lowest BCUT2D eigenvalue weighted by atomic mass is 10.0. The van der Waals surface area contributed by atoms with Gasteiger partial charge in [0.2, 0.25) is 0 Å². The molecule has 0 spiro atoms. The summed E-state index contributed by atoms with van der Waals surface area (Å²) in [7, 11) is 0. The Labute approximate surface area is 112 Å². The number of carbonyl (C=O) groups is 1. The lowest BCUT2D eigenvalue weighted by Gasteiger charge is -2.04. The molecule has 0 aliphatic rings. The molecule has 0 aliphatic carbocycles. The zero-order valence-corrected chi connectivity index (χ0v) is 11.1. The normalized spacial score (nSPS) is 10.8. The quantitative estimate of drug-likeness (QED) is 0.628. The Morgan fingerprint density at radius 1 is 1.00 bits per heavy atom. The van der Waals surface area contributed by atoms with E-state index < -0.39 is 0 Å². The van der Waals surface area contributed by atoms with Crippen molar-refractivity contribution < 1.29 is 4.79 Å². The van der Waals surface area contributed by atoms with Gasteiger partial charge in [-0.3, -0.25) is 4.79 Å². The van der Waals surface area contributed by atoms with E-state index in [0.29, 0.717) is 5.69 Å². The van der Waals surface area contributed by atoms with Crippen molar-refractivity contribution in [3.8, 4) is 11.1 Å². The Balaban J connectivity index is 2.29. The topological polar surface area (TPSA) is 21.5 Å². The number of rotatable bonds is 2. The van der Waals surface area contributed by atoms with Crippen LogP contribution in [-0.2, 0) is 0 Å². The van der Waals surface area contributed by atoms with E-state index in [1.165, 1.54) is 11.1 Å². The maximum absolute atomic E-state index is 11.4. The molecule has 0 bridgehead atoms. The van der Waals surface area contributed by atoms with Gasteiger partial charge in [-0.25, -0.2) is 0 Å². The average molecular weight is 249 g/mol. The van der Waals surface area contributed by atoms with Crippen LogP contribution in [0.25, 0.3) is 16.6 Å². The zero-order chi connectivity index (χ0) is 13.4. The smallest absolute Gasteiger partial charge is 0.167 e. The highest BCUT2D eigenvalue weighted by atomic mass is 16.1. The predicted octanol–water partition coefficient (Wildman–Crippen LogP) is 4.04. The number of nitrogens with zero attached hydrogens (tertiary/aromatic N) is 1. The number of fused-ring (bicyclic) bond motifs is 1. The lowest BCUT2D eigenvalue weighted by Crippen LogP contribution is -1.92. The second-order valence-corrected chi connectivity index (χ2v) is 4.86. The summed E-state index contributed by atoms with van der Waals surface area (Å²) in [5, 5.41) is 0. The minimum absolute atomic E-state index is 0.707. The first kappa shape index (κ1) is 11.7. The minimum atomic E-state index is 0.707. The number of hydrogen-bond acceptors (Lipinski definition) is 1. The van der Waals surface area contributed by atoms with Crippen LogP contribution in [0.4, 0.5) is 0 Å². The van der Waals surface area contributed by atoms with Gasteiger partial charge in [0.1, 0.15) is 0 Å². The zero-order valence-electron chi connectivity index (χ0n) is 11.1. The average Bonchev–Trinajstić information content (AvgIpc) is 2.80. The van der Waals surface area contributed by atoms with Gasteiger partial charge in [0.25, 0.3) is 0 Å². The van der Waals surface area contributed by atoms with Gasteiger partial charge in [-0.1, -0.05) is 24.3 Å². The van der Waals surface area contributed by atoms with Crippen molar-refractivity contribution >= 4 is 11.8 Å². The van der Waals surface area contributed by atoms with Crippen molar-refractivity contribution in [2.75, 3.05) is 0 Å². The molecule has 0 fully saturated rings. The van der Waals surface area contributed by atoms with Crippen LogP contribution in [0.5, 0.6) is 0 Å². The molecule has 0 saturated carbocycles. The van der Waals surface area contributed by atoms with Crippen LogP contribution in [0.1, 0.15) is 21.6 Å². The molecule has 3 rings (SSSR count). The van der Waals surface area contributed by atoms with Crippen LogP contribution in [0.15, 0.2) is 48.7 Å². The Hall–Kier alpha value is -2.35. The first-order valence-corrected chi connectivity index (χ1v) is 6.33. The third kappa shape index (κ3) is 1.85. The predicted molar refractivity (Wildman–Crippen MR) is 77.7 cm³/mol. The molecule has 0 amide bonds. The van der Waals surface area contributed by atoms with Crippen LogP contribution < -0.4 is 0 Å². The van der Waals surface area contributed by atoms with Gasteiger partial charge in [0.15, 0.2) is 6.29 Å². The third-order valence-electron chi connectivity index (χ3n) is 3.65. The summed E-state index contributed by atoms with van der Waals surface area (Å²) in [6, 6.07) is 14.3. The van der Waals surface area contributed by atoms with Crippen molar-refractivity contribution in [1.82, 2.24) is 4.40 Å². The van der Waals surface area contributed by atoms with Gasteiger partial charge in [0, 0.05) is 17.3 Å². The third-order valence-corrected chi connectivity index (χ3v) is 3.65. The molecule has 94 valence electrons. The fraction of sp³-hybridized carbons (Fsp3) is 0.118. The number of aryl methyl sites for hydroxylation is 2. The standard InChI is InChI=1S/C17H15NO/c1-12-6-7-14(9-13(12)2)16-10-15-5-3-4-8-18(15)17(16)11-19/h3-11H,1-2H3. The number of benzene rings is 1. The summed E-state index contributed by atoms with van der Waals surface area (Å²) in [6.45, 7) is 4.19. The van der Waals surface area contributed by atoms with Crippen molar-refractivity contribution in [2.24, 2.45) is 0 Å². The van der Waals surface area contributed by atoms with E-state index in [4.69, 9.17) is 0 Å². The number of aromatic nitrogens is 1. The minimum Gasteiger partial charge on any atom is -0.314 e. The van der Waals surface area contributed by atoms with Crippen molar-refractivity contribution in [2.45, 2.75) is 13.8 Å². The molecule has 2 aromatic heterocycles. The number of hydrogen-bond donors (Lipinski definition) is 0. The van der Waals surface area contributed by atoms with Crippen LogP contribution in [0.2, 0.25) is 0 Å². The molecule has 0 atom stereocenters. The fourth-order valence-electron chi connectivity index (χ4n) is 2.41.